The number of rotatable bonds is 9. The van der Waals surface area contributed by atoms with E-state index in [2.05, 4.69) is 40.3 Å². The van der Waals surface area contributed by atoms with Crippen LogP contribution in [0.4, 0.5) is 10.1 Å². The summed E-state index contributed by atoms with van der Waals surface area (Å²) in [4.78, 5) is 36.7. The van der Waals surface area contributed by atoms with Crippen LogP contribution in [0, 0.1) is 5.82 Å². The number of H-pyrrole nitrogens is 2. The molecule has 1 aliphatic rings. The van der Waals surface area contributed by atoms with Crippen LogP contribution in [0.5, 0.6) is 5.75 Å². The zero-order valence-electron chi connectivity index (χ0n) is 25.8. The third kappa shape index (κ3) is 5.96. The van der Waals surface area contributed by atoms with Crippen LogP contribution in [0.3, 0.4) is 0 Å². The molecule has 1 amide bonds. The molecule has 238 valence electrons. The van der Waals surface area contributed by atoms with Crippen molar-refractivity contribution >= 4 is 33.7 Å². The molecule has 2 aromatic carbocycles. The Labute approximate surface area is 274 Å². The van der Waals surface area contributed by atoms with Gasteiger partial charge in [-0.3, -0.25) is 24.8 Å². The van der Waals surface area contributed by atoms with Crippen LogP contribution < -0.4 is 10.1 Å². The standard InChI is InChI=1S/C36H30FN9O2/c37-25-14-23(16-27(17-25)48-13-12-46-10-4-5-11-46)28-8-9-39-34-32(28)42-35(43-34)33-29-18-30(40-21-31(29)44-45-33)24-15-26(20-38-19-24)41-36(47)22-6-2-1-3-7-22/h1-3,6-9,14-21H,4-5,10-13H2,(H,41,47)(H,44,45)(H,39,42,43). The fourth-order valence-corrected chi connectivity index (χ4v) is 6.05. The molecule has 8 rings (SSSR count). The van der Waals surface area contributed by atoms with Crippen molar-refractivity contribution in [2.24, 2.45) is 0 Å². The molecule has 1 fully saturated rings. The number of fused-ring (bicyclic) bond motifs is 2. The van der Waals surface area contributed by atoms with E-state index in [1.165, 1.54) is 25.0 Å². The molecule has 0 saturated carbocycles. The number of carbonyl (C=O) groups excluding carboxylic acids is 1. The van der Waals surface area contributed by atoms with E-state index >= 15 is 0 Å². The summed E-state index contributed by atoms with van der Waals surface area (Å²) in [5.41, 5.74) is 6.22. The molecule has 7 aromatic rings. The van der Waals surface area contributed by atoms with E-state index < -0.39 is 0 Å². The van der Waals surface area contributed by atoms with Gasteiger partial charge < -0.3 is 15.0 Å². The van der Waals surface area contributed by atoms with Gasteiger partial charge in [0.1, 0.15) is 29.4 Å². The second-order valence-corrected chi connectivity index (χ2v) is 11.7. The summed E-state index contributed by atoms with van der Waals surface area (Å²) in [6, 6.07) is 19.2. The van der Waals surface area contributed by atoms with E-state index in [0.29, 0.717) is 74.2 Å². The molecule has 0 radical (unpaired) electrons. The molecule has 1 saturated heterocycles. The monoisotopic (exact) mass is 639 g/mol. The minimum atomic E-state index is -0.388. The highest BCUT2D eigenvalue weighted by Crippen LogP contribution is 2.33. The highest BCUT2D eigenvalue weighted by atomic mass is 19.1. The van der Waals surface area contributed by atoms with Crippen LogP contribution in [-0.4, -0.2) is 72.2 Å². The van der Waals surface area contributed by atoms with Gasteiger partial charge in [-0.15, -0.1) is 0 Å². The van der Waals surface area contributed by atoms with Gasteiger partial charge in [-0.1, -0.05) is 18.2 Å². The molecule has 0 atom stereocenters. The lowest BCUT2D eigenvalue weighted by atomic mass is 10.1. The summed E-state index contributed by atoms with van der Waals surface area (Å²) in [6.45, 7) is 3.47. The number of nitrogens with zero attached hydrogens (tertiary/aromatic N) is 6. The molecule has 11 nitrogen and oxygen atoms in total. The average molecular weight is 640 g/mol. The number of aromatic amines is 2. The second kappa shape index (κ2) is 12.6. The van der Waals surface area contributed by atoms with Crippen molar-refractivity contribution < 1.29 is 13.9 Å². The van der Waals surface area contributed by atoms with Crippen molar-refractivity contribution in [3.05, 3.63) is 103 Å². The quantitative estimate of drug-likeness (QED) is 0.163. The van der Waals surface area contributed by atoms with Crippen molar-refractivity contribution in [1.82, 2.24) is 40.0 Å². The van der Waals surface area contributed by atoms with Gasteiger partial charge in [0.15, 0.2) is 11.5 Å². The minimum absolute atomic E-state index is 0.229. The normalized spacial score (nSPS) is 13.4. The average Bonchev–Trinajstić information content (AvgIpc) is 3.88. The molecule has 0 unspecified atom stereocenters. The van der Waals surface area contributed by atoms with Gasteiger partial charge >= 0.3 is 0 Å². The van der Waals surface area contributed by atoms with Gasteiger partial charge in [-0.05, 0) is 74.0 Å². The number of aromatic nitrogens is 7. The van der Waals surface area contributed by atoms with E-state index in [0.717, 1.165) is 25.0 Å². The molecule has 1 aliphatic heterocycles. The summed E-state index contributed by atoms with van der Waals surface area (Å²) in [5, 5.41) is 11.2. The van der Waals surface area contributed by atoms with Gasteiger partial charge in [0.2, 0.25) is 0 Å². The Balaban J connectivity index is 1.08. The van der Waals surface area contributed by atoms with Gasteiger partial charge in [0, 0.05) is 47.1 Å². The maximum Gasteiger partial charge on any atom is 0.255 e. The number of amides is 1. The lowest BCUT2D eigenvalue weighted by molar-refractivity contribution is 0.102. The van der Waals surface area contributed by atoms with E-state index in [9.17, 15) is 9.18 Å². The van der Waals surface area contributed by atoms with Gasteiger partial charge in [0.05, 0.1) is 29.3 Å². The first-order valence-corrected chi connectivity index (χ1v) is 15.7. The number of likely N-dealkylation sites (tertiary alicyclic amines) is 1. The molecular weight excluding hydrogens is 609 g/mol. The van der Waals surface area contributed by atoms with E-state index in [1.54, 1.807) is 36.9 Å². The Morgan fingerprint density at radius 2 is 1.83 bits per heavy atom. The van der Waals surface area contributed by atoms with Crippen molar-refractivity contribution in [2.45, 2.75) is 12.8 Å². The SMILES string of the molecule is O=C(Nc1cncc(-c2cc3c(-c4nc5c(-c6cc(F)cc(OCCN7CCCC7)c6)ccnc5[nH]4)n[nH]c3cn2)c1)c1ccccc1. The first-order valence-electron chi connectivity index (χ1n) is 15.7. The first kappa shape index (κ1) is 29.4. The largest absolute Gasteiger partial charge is 0.492 e. The maximum absolute atomic E-state index is 14.8. The van der Waals surface area contributed by atoms with Crippen LogP contribution in [0.2, 0.25) is 0 Å². The molecule has 6 heterocycles. The lowest BCUT2D eigenvalue weighted by Gasteiger charge is -2.15. The third-order valence-corrected chi connectivity index (χ3v) is 8.44. The van der Waals surface area contributed by atoms with Crippen molar-refractivity contribution in [2.75, 3.05) is 31.6 Å². The molecule has 0 aliphatic carbocycles. The third-order valence-electron chi connectivity index (χ3n) is 8.44. The number of hydrogen-bond donors (Lipinski definition) is 3. The summed E-state index contributed by atoms with van der Waals surface area (Å²) in [5.74, 6) is 0.351. The van der Waals surface area contributed by atoms with Gasteiger partial charge in [-0.2, -0.15) is 5.10 Å². The summed E-state index contributed by atoms with van der Waals surface area (Å²) in [6.07, 6.45) is 9.06. The van der Waals surface area contributed by atoms with Crippen LogP contribution in [0.25, 0.3) is 56.0 Å². The number of anilines is 1. The van der Waals surface area contributed by atoms with Crippen molar-refractivity contribution in [3.63, 3.8) is 0 Å². The number of carbonyl (C=O) groups is 1. The second-order valence-electron chi connectivity index (χ2n) is 11.7. The predicted molar refractivity (Wildman–Crippen MR) is 181 cm³/mol. The summed E-state index contributed by atoms with van der Waals surface area (Å²) < 4.78 is 20.8. The highest BCUT2D eigenvalue weighted by Gasteiger charge is 2.18. The maximum atomic E-state index is 14.8. The Hall–Kier alpha value is -6.01. The molecule has 0 spiro atoms. The van der Waals surface area contributed by atoms with Crippen LogP contribution in [0.15, 0.2) is 91.5 Å². The number of pyridine rings is 3. The van der Waals surface area contributed by atoms with E-state index in [-0.39, 0.29) is 11.7 Å². The minimum Gasteiger partial charge on any atom is -0.492 e. The first-order chi connectivity index (χ1) is 23.6. The number of ether oxygens (including phenoxy) is 1. The molecular formula is C36H30FN9O2. The van der Waals surface area contributed by atoms with Crippen LogP contribution >= 0.6 is 0 Å². The predicted octanol–water partition coefficient (Wildman–Crippen LogP) is 6.49. The van der Waals surface area contributed by atoms with Crippen LogP contribution in [-0.2, 0) is 0 Å². The Kier molecular flexibility index (Phi) is 7.75. The Bertz CT molecular complexity index is 2260. The molecule has 12 heteroatoms. The number of benzene rings is 2. The number of nitrogens with one attached hydrogen (secondary N) is 3. The Morgan fingerprint density at radius 3 is 2.71 bits per heavy atom. The number of hydrogen-bond acceptors (Lipinski definition) is 8. The molecule has 48 heavy (non-hydrogen) atoms. The smallest absolute Gasteiger partial charge is 0.255 e. The van der Waals surface area contributed by atoms with Gasteiger partial charge in [-0.25, -0.2) is 14.4 Å². The van der Waals surface area contributed by atoms with E-state index in [1.807, 2.05) is 42.5 Å². The van der Waals surface area contributed by atoms with E-state index in [4.69, 9.17) is 9.72 Å². The fraction of sp³-hybridized carbons (Fsp3) is 0.167. The van der Waals surface area contributed by atoms with Crippen molar-refractivity contribution in [1.29, 1.82) is 0 Å². The zero-order chi connectivity index (χ0) is 32.5. The highest BCUT2D eigenvalue weighted by molar-refractivity contribution is 6.04. The summed E-state index contributed by atoms with van der Waals surface area (Å²) >= 11 is 0. The number of imidazole rings is 1. The lowest BCUT2D eigenvalue weighted by Crippen LogP contribution is -2.25. The fourth-order valence-electron chi connectivity index (χ4n) is 6.05. The topological polar surface area (TPSA) is 138 Å². The Morgan fingerprint density at radius 1 is 0.958 bits per heavy atom. The van der Waals surface area contributed by atoms with Crippen LogP contribution in [0.1, 0.15) is 23.2 Å². The van der Waals surface area contributed by atoms with Gasteiger partial charge in [0.25, 0.3) is 5.91 Å². The molecule has 3 N–H and O–H groups in total. The summed E-state index contributed by atoms with van der Waals surface area (Å²) in [7, 11) is 0. The zero-order valence-corrected chi connectivity index (χ0v) is 25.8. The number of halogens is 1. The van der Waals surface area contributed by atoms with Crippen molar-refractivity contribution in [3.8, 4) is 39.7 Å². The molecule has 0 bridgehead atoms. The molecule has 5 aromatic heterocycles.